The average Bonchev–Trinajstić information content (AvgIpc) is 2.33. The molecule has 17 heavy (non-hydrogen) atoms. The number of amides is 1. The van der Waals surface area contributed by atoms with Crippen LogP contribution in [0.4, 0.5) is 11.6 Å². The lowest BCUT2D eigenvalue weighted by Gasteiger charge is -2.12. The van der Waals surface area contributed by atoms with Crippen LogP contribution >= 0.6 is 0 Å². The van der Waals surface area contributed by atoms with Crippen molar-refractivity contribution in [3.63, 3.8) is 0 Å². The standard InChI is InChI=1S/C10H18N6O/c1-3-8-9(13-5-4-12-7(2)17)14-6-15-10(8)16-11/h6H,3-5,11H2,1-2H3,(H,12,17)(H2,13,14,15,16). The highest BCUT2D eigenvalue weighted by molar-refractivity contribution is 5.72. The molecule has 1 rings (SSSR count). The van der Waals surface area contributed by atoms with E-state index in [-0.39, 0.29) is 5.91 Å². The van der Waals surface area contributed by atoms with Gasteiger partial charge in [-0.15, -0.1) is 0 Å². The van der Waals surface area contributed by atoms with Gasteiger partial charge in [-0.05, 0) is 6.42 Å². The van der Waals surface area contributed by atoms with Gasteiger partial charge in [0.05, 0.1) is 0 Å². The second-order valence-electron chi connectivity index (χ2n) is 3.46. The van der Waals surface area contributed by atoms with Gasteiger partial charge < -0.3 is 16.1 Å². The molecular weight excluding hydrogens is 220 g/mol. The highest BCUT2D eigenvalue weighted by Crippen LogP contribution is 2.18. The Labute approximate surface area is 100 Å². The molecule has 0 saturated carbocycles. The fraction of sp³-hybridized carbons (Fsp3) is 0.500. The number of anilines is 2. The molecule has 0 aliphatic rings. The largest absolute Gasteiger partial charge is 0.368 e. The second kappa shape index (κ2) is 6.64. The van der Waals surface area contributed by atoms with Gasteiger partial charge in [0.2, 0.25) is 5.91 Å². The molecular formula is C10H18N6O. The Morgan fingerprint density at radius 2 is 2.06 bits per heavy atom. The zero-order valence-electron chi connectivity index (χ0n) is 10.1. The van der Waals surface area contributed by atoms with E-state index < -0.39 is 0 Å². The predicted octanol–water partition coefficient (Wildman–Crippen LogP) is -0.127. The van der Waals surface area contributed by atoms with Crippen LogP contribution < -0.4 is 21.9 Å². The molecule has 0 aliphatic heterocycles. The number of carbonyl (C=O) groups is 1. The number of nitrogens with zero attached hydrogens (tertiary/aromatic N) is 2. The number of nitrogen functional groups attached to an aromatic ring is 1. The first kappa shape index (κ1) is 13.2. The third-order valence-electron chi connectivity index (χ3n) is 2.23. The molecule has 5 N–H and O–H groups in total. The normalized spacial score (nSPS) is 9.82. The van der Waals surface area contributed by atoms with Crippen molar-refractivity contribution in [3.05, 3.63) is 11.9 Å². The SMILES string of the molecule is CCc1c(NN)ncnc1NCCNC(C)=O. The lowest BCUT2D eigenvalue weighted by atomic mass is 10.2. The summed E-state index contributed by atoms with van der Waals surface area (Å²) in [5.41, 5.74) is 3.46. The summed E-state index contributed by atoms with van der Waals surface area (Å²) < 4.78 is 0. The Morgan fingerprint density at radius 1 is 1.35 bits per heavy atom. The summed E-state index contributed by atoms with van der Waals surface area (Å²) in [6.07, 6.45) is 2.21. The fourth-order valence-corrected chi connectivity index (χ4v) is 1.44. The lowest BCUT2D eigenvalue weighted by Crippen LogP contribution is -2.27. The van der Waals surface area contributed by atoms with Gasteiger partial charge >= 0.3 is 0 Å². The molecule has 0 unspecified atom stereocenters. The van der Waals surface area contributed by atoms with Crippen LogP contribution in [0.2, 0.25) is 0 Å². The Morgan fingerprint density at radius 3 is 2.65 bits per heavy atom. The van der Waals surface area contributed by atoms with Crippen LogP contribution in [0, 0.1) is 0 Å². The van der Waals surface area contributed by atoms with Gasteiger partial charge in [0.15, 0.2) is 0 Å². The molecule has 7 heteroatoms. The van der Waals surface area contributed by atoms with E-state index in [1.54, 1.807) is 0 Å². The molecule has 1 aromatic heterocycles. The number of aromatic nitrogens is 2. The summed E-state index contributed by atoms with van der Waals surface area (Å²) in [6.45, 7) is 4.64. The molecule has 0 spiro atoms. The second-order valence-corrected chi connectivity index (χ2v) is 3.46. The highest BCUT2D eigenvalue weighted by atomic mass is 16.1. The number of nitrogens with one attached hydrogen (secondary N) is 3. The van der Waals surface area contributed by atoms with E-state index in [0.717, 1.165) is 17.8 Å². The number of carbonyl (C=O) groups excluding carboxylic acids is 1. The summed E-state index contributed by atoms with van der Waals surface area (Å²) in [5.74, 6) is 6.67. The van der Waals surface area contributed by atoms with Gasteiger partial charge in [-0.2, -0.15) is 0 Å². The molecule has 1 heterocycles. The number of rotatable bonds is 6. The van der Waals surface area contributed by atoms with Crippen molar-refractivity contribution in [1.29, 1.82) is 0 Å². The first-order valence-electron chi connectivity index (χ1n) is 5.47. The van der Waals surface area contributed by atoms with Crippen LogP contribution in [0.5, 0.6) is 0 Å². The zero-order chi connectivity index (χ0) is 12.7. The van der Waals surface area contributed by atoms with Crippen LogP contribution in [0.15, 0.2) is 6.33 Å². The minimum Gasteiger partial charge on any atom is -0.368 e. The molecule has 0 aliphatic carbocycles. The summed E-state index contributed by atoms with van der Waals surface area (Å²) >= 11 is 0. The van der Waals surface area contributed by atoms with Gasteiger partial charge in [0, 0.05) is 25.6 Å². The summed E-state index contributed by atoms with van der Waals surface area (Å²) in [7, 11) is 0. The summed E-state index contributed by atoms with van der Waals surface area (Å²) in [4.78, 5) is 18.9. The van der Waals surface area contributed by atoms with Crippen molar-refractivity contribution < 1.29 is 4.79 Å². The molecule has 1 aromatic rings. The number of nitrogens with two attached hydrogens (primary N) is 1. The van der Waals surface area contributed by atoms with Crippen LogP contribution in [0.3, 0.4) is 0 Å². The van der Waals surface area contributed by atoms with Gasteiger partial charge in [0.1, 0.15) is 18.0 Å². The monoisotopic (exact) mass is 238 g/mol. The van der Waals surface area contributed by atoms with Gasteiger partial charge in [0.25, 0.3) is 0 Å². The van der Waals surface area contributed by atoms with E-state index in [1.807, 2.05) is 6.92 Å². The van der Waals surface area contributed by atoms with Crippen molar-refractivity contribution in [1.82, 2.24) is 15.3 Å². The van der Waals surface area contributed by atoms with Crippen molar-refractivity contribution in [3.8, 4) is 0 Å². The number of hydrogen-bond donors (Lipinski definition) is 4. The highest BCUT2D eigenvalue weighted by Gasteiger charge is 2.07. The smallest absolute Gasteiger partial charge is 0.216 e. The van der Waals surface area contributed by atoms with Crippen molar-refractivity contribution in [2.45, 2.75) is 20.3 Å². The first-order chi connectivity index (χ1) is 8.19. The lowest BCUT2D eigenvalue weighted by molar-refractivity contribution is -0.118. The van der Waals surface area contributed by atoms with E-state index in [9.17, 15) is 4.79 Å². The third kappa shape index (κ3) is 3.87. The summed E-state index contributed by atoms with van der Waals surface area (Å²) in [6, 6.07) is 0. The quantitative estimate of drug-likeness (QED) is 0.313. The van der Waals surface area contributed by atoms with E-state index in [4.69, 9.17) is 5.84 Å². The molecule has 0 aromatic carbocycles. The zero-order valence-corrected chi connectivity index (χ0v) is 10.1. The van der Waals surface area contributed by atoms with Crippen molar-refractivity contribution in [2.75, 3.05) is 23.8 Å². The average molecular weight is 238 g/mol. The van der Waals surface area contributed by atoms with Gasteiger partial charge in [-0.25, -0.2) is 15.8 Å². The maximum Gasteiger partial charge on any atom is 0.216 e. The number of hydrogen-bond acceptors (Lipinski definition) is 6. The topological polar surface area (TPSA) is 105 Å². The Bertz CT molecular complexity index is 381. The minimum absolute atomic E-state index is 0.0467. The Balaban J connectivity index is 2.60. The molecule has 1 amide bonds. The van der Waals surface area contributed by atoms with E-state index in [0.29, 0.717) is 18.9 Å². The molecule has 0 bridgehead atoms. The van der Waals surface area contributed by atoms with Crippen LogP contribution in [-0.4, -0.2) is 29.0 Å². The molecule has 94 valence electrons. The van der Waals surface area contributed by atoms with E-state index in [2.05, 4.69) is 26.0 Å². The van der Waals surface area contributed by atoms with Crippen LogP contribution in [0.25, 0.3) is 0 Å². The van der Waals surface area contributed by atoms with E-state index in [1.165, 1.54) is 13.3 Å². The van der Waals surface area contributed by atoms with E-state index >= 15 is 0 Å². The maximum absolute atomic E-state index is 10.7. The van der Waals surface area contributed by atoms with Crippen LogP contribution in [0.1, 0.15) is 19.4 Å². The first-order valence-corrected chi connectivity index (χ1v) is 5.47. The molecule has 0 radical (unpaired) electrons. The van der Waals surface area contributed by atoms with Crippen molar-refractivity contribution in [2.24, 2.45) is 5.84 Å². The fourth-order valence-electron chi connectivity index (χ4n) is 1.44. The van der Waals surface area contributed by atoms with Gasteiger partial charge in [-0.3, -0.25) is 4.79 Å². The summed E-state index contributed by atoms with van der Waals surface area (Å²) in [5, 5.41) is 5.83. The van der Waals surface area contributed by atoms with Crippen LogP contribution in [-0.2, 0) is 11.2 Å². The number of hydrazine groups is 1. The molecule has 0 saturated heterocycles. The predicted molar refractivity (Wildman–Crippen MR) is 66.4 cm³/mol. The maximum atomic E-state index is 10.7. The van der Waals surface area contributed by atoms with Crippen molar-refractivity contribution >= 4 is 17.5 Å². The minimum atomic E-state index is -0.0467. The molecule has 0 fully saturated rings. The molecule has 7 nitrogen and oxygen atoms in total. The molecule has 0 atom stereocenters. The van der Waals surface area contributed by atoms with Gasteiger partial charge in [-0.1, -0.05) is 6.92 Å². The third-order valence-corrected chi connectivity index (χ3v) is 2.23. The Hall–Kier alpha value is -1.89. The Kier molecular flexibility index (Phi) is 5.15.